The molecule has 1 rings (SSSR count). The van der Waals surface area contributed by atoms with Gasteiger partial charge in [0.25, 0.3) is 0 Å². The predicted octanol–water partition coefficient (Wildman–Crippen LogP) is 2.30. The molecule has 0 aliphatic rings. The summed E-state index contributed by atoms with van der Waals surface area (Å²) in [7, 11) is -1.73. The summed E-state index contributed by atoms with van der Waals surface area (Å²) >= 11 is 5.46. The predicted molar refractivity (Wildman–Crippen MR) is 73.7 cm³/mol. The number of nitrogens with one attached hydrogen (secondary N) is 1. The summed E-state index contributed by atoms with van der Waals surface area (Å²) in [4.78, 5) is 0. The van der Waals surface area contributed by atoms with Gasteiger partial charge in [0.1, 0.15) is 5.75 Å². The Labute approximate surface area is 113 Å². The first-order valence-electron chi connectivity index (χ1n) is 5.72. The van der Waals surface area contributed by atoms with Crippen LogP contribution in [-0.2, 0) is 10.0 Å². The minimum Gasteiger partial charge on any atom is -0.497 e. The summed E-state index contributed by atoms with van der Waals surface area (Å²) in [5, 5.41) is 0. The fraction of sp³-hybridized carbons (Fsp3) is 0.500. The zero-order valence-electron chi connectivity index (χ0n) is 10.5. The van der Waals surface area contributed by atoms with Crippen molar-refractivity contribution >= 4 is 21.6 Å². The Morgan fingerprint density at radius 2 is 1.94 bits per heavy atom. The Balaban J connectivity index is 2.82. The molecule has 0 fully saturated rings. The molecule has 4 nitrogen and oxygen atoms in total. The third kappa shape index (κ3) is 4.48. The molecule has 0 saturated heterocycles. The molecule has 0 amide bonds. The van der Waals surface area contributed by atoms with E-state index in [9.17, 15) is 8.42 Å². The fourth-order valence-electron chi connectivity index (χ4n) is 1.60. The third-order valence-electron chi connectivity index (χ3n) is 2.59. The van der Waals surface area contributed by atoms with E-state index in [0.717, 1.165) is 11.3 Å². The van der Waals surface area contributed by atoms with Crippen LogP contribution in [0.15, 0.2) is 24.3 Å². The molecule has 0 spiro atoms. The summed E-state index contributed by atoms with van der Waals surface area (Å²) in [5.74, 6) is 0.771. The molecular formula is C12H18ClNO3S. The van der Waals surface area contributed by atoms with E-state index in [1.807, 2.05) is 31.2 Å². The summed E-state index contributed by atoms with van der Waals surface area (Å²) in [6, 6.07) is 7.11. The number of sulfonamides is 1. The Bertz CT molecular complexity index is 459. The van der Waals surface area contributed by atoms with E-state index in [1.165, 1.54) is 0 Å². The smallest absolute Gasteiger partial charge is 0.213 e. The molecule has 1 atom stereocenters. The van der Waals surface area contributed by atoms with E-state index in [1.54, 1.807) is 7.11 Å². The van der Waals surface area contributed by atoms with Gasteiger partial charge in [0, 0.05) is 11.9 Å². The van der Waals surface area contributed by atoms with Crippen molar-refractivity contribution in [3.8, 4) is 5.75 Å². The van der Waals surface area contributed by atoms with Gasteiger partial charge in [-0.05, 0) is 24.1 Å². The normalized spacial score (nSPS) is 13.3. The van der Waals surface area contributed by atoms with Crippen molar-refractivity contribution in [1.82, 2.24) is 4.72 Å². The molecule has 6 heteroatoms. The SMILES string of the molecule is CCC(NS(=O)(=O)CCCl)c1ccc(OC)cc1. The van der Waals surface area contributed by atoms with Gasteiger partial charge < -0.3 is 4.74 Å². The van der Waals surface area contributed by atoms with Gasteiger partial charge in [0.15, 0.2) is 0 Å². The third-order valence-corrected chi connectivity index (χ3v) is 4.39. The van der Waals surface area contributed by atoms with Crippen LogP contribution in [0.2, 0.25) is 0 Å². The molecule has 0 aliphatic carbocycles. The highest BCUT2D eigenvalue weighted by Crippen LogP contribution is 2.20. The molecule has 0 heterocycles. The van der Waals surface area contributed by atoms with Crippen molar-refractivity contribution in [2.75, 3.05) is 18.7 Å². The molecule has 102 valence electrons. The van der Waals surface area contributed by atoms with Gasteiger partial charge >= 0.3 is 0 Å². The van der Waals surface area contributed by atoms with Gasteiger partial charge in [-0.1, -0.05) is 19.1 Å². The van der Waals surface area contributed by atoms with Gasteiger partial charge in [-0.15, -0.1) is 11.6 Å². The second-order valence-electron chi connectivity index (χ2n) is 3.86. The summed E-state index contributed by atoms with van der Waals surface area (Å²) in [6.07, 6.45) is 0.674. The van der Waals surface area contributed by atoms with Crippen LogP contribution in [0.5, 0.6) is 5.75 Å². The van der Waals surface area contributed by atoms with E-state index in [0.29, 0.717) is 6.42 Å². The summed E-state index contributed by atoms with van der Waals surface area (Å²) < 4.78 is 31.1. The van der Waals surface area contributed by atoms with E-state index < -0.39 is 10.0 Å². The van der Waals surface area contributed by atoms with Gasteiger partial charge in [-0.25, -0.2) is 13.1 Å². The highest BCUT2D eigenvalue weighted by molar-refractivity contribution is 7.89. The molecule has 0 aromatic heterocycles. The average molecular weight is 292 g/mol. The molecule has 0 bridgehead atoms. The van der Waals surface area contributed by atoms with Crippen LogP contribution in [0.4, 0.5) is 0 Å². The molecule has 1 aromatic carbocycles. The molecule has 18 heavy (non-hydrogen) atoms. The highest BCUT2D eigenvalue weighted by Gasteiger charge is 2.17. The molecule has 1 N–H and O–H groups in total. The van der Waals surface area contributed by atoms with Crippen molar-refractivity contribution in [2.45, 2.75) is 19.4 Å². The first-order chi connectivity index (χ1) is 8.52. The molecule has 0 saturated carbocycles. The van der Waals surface area contributed by atoms with Crippen molar-refractivity contribution in [3.63, 3.8) is 0 Å². The summed E-state index contributed by atoms with van der Waals surface area (Å²) in [6.45, 7) is 1.93. The average Bonchev–Trinajstić information content (AvgIpc) is 2.36. The number of hydrogen-bond donors (Lipinski definition) is 1. The number of hydrogen-bond acceptors (Lipinski definition) is 3. The van der Waals surface area contributed by atoms with Crippen LogP contribution in [0, 0.1) is 0 Å². The monoisotopic (exact) mass is 291 g/mol. The van der Waals surface area contributed by atoms with Gasteiger partial charge in [0.05, 0.1) is 12.9 Å². The van der Waals surface area contributed by atoms with Crippen molar-refractivity contribution in [1.29, 1.82) is 0 Å². The van der Waals surface area contributed by atoms with Crippen molar-refractivity contribution < 1.29 is 13.2 Å². The van der Waals surface area contributed by atoms with E-state index in [4.69, 9.17) is 16.3 Å². The van der Waals surface area contributed by atoms with Crippen LogP contribution in [0.1, 0.15) is 24.9 Å². The lowest BCUT2D eigenvalue weighted by molar-refractivity contribution is 0.414. The fourth-order valence-corrected chi connectivity index (χ4v) is 3.27. The molecule has 0 aliphatic heterocycles. The van der Waals surface area contributed by atoms with Gasteiger partial charge in [0.2, 0.25) is 10.0 Å². The Kier molecular flexibility index (Phi) is 5.91. The molecular weight excluding hydrogens is 274 g/mol. The number of halogens is 1. The first kappa shape index (κ1) is 15.3. The maximum atomic E-state index is 11.7. The zero-order valence-corrected chi connectivity index (χ0v) is 12.1. The molecule has 0 radical (unpaired) electrons. The Morgan fingerprint density at radius 3 is 2.39 bits per heavy atom. The minimum absolute atomic E-state index is 0.0682. The molecule has 1 unspecified atom stereocenters. The van der Waals surface area contributed by atoms with Crippen LogP contribution in [0.3, 0.4) is 0 Å². The number of benzene rings is 1. The van der Waals surface area contributed by atoms with Gasteiger partial charge in [-0.3, -0.25) is 0 Å². The topological polar surface area (TPSA) is 55.4 Å². The maximum Gasteiger partial charge on any atom is 0.213 e. The van der Waals surface area contributed by atoms with Gasteiger partial charge in [-0.2, -0.15) is 0 Å². The second-order valence-corrected chi connectivity index (χ2v) is 6.11. The van der Waals surface area contributed by atoms with Crippen molar-refractivity contribution in [2.24, 2.45) is 0 Å². The van der Waals surface area contributed by atoms with E-state index in [-0.39, 0.29) is 17.7 Å². The highest BCUT2D eigenvalue weighted by atomic mass is 35.5. The number of rotatable bonds is 7. The standard InChI is InChI=1S/C12H18ClNO3S/c1-3-12(14-18(15,16)9-8-13)10-4-6-11(17-2)7-5-10/h4-7,12,14H,3,8-9H2,1-2H3. The van der Waals surface area contributed by atoms with Crippen LogP contribution < -0.4 is 9.46 Å². The van der Waals surface area contributed by atoms with Crippen LogP contribution >= 0.6 is 11.6 Å². The summed E-state index contributed by atoms with van der Waals surface area (Å²) in [5.41, 5.74) is 0.913. The van der Waals surface area contributed by atoms with E-state index >= 15 is 0 Å². The van der Waals surface area contributed by atoms with E-state index in [2.05, 4.69) is 4.72 Å². The largest absolute Gasteiger partial charge is 0.497 e. The molecule has 1 aromatic rings. The lowest BCUT2D eigenvalue weighted by Gasteiger charge is -2.17. The zero-order chi connectivity index (χ0) is 13.6. The second kappa shape index (κ2) is 6.97. The number of alkyl halides is 1. The van der Waals surface area contributed by atoms with Crippen LogP contribution in [0.25, 0.3) is 0 Å². The quantitative estimate of drug-likeness (QED) is 0.784. The van der Waals surface area contributed by atoms with Crippen molar-refractivity contribution in [3.05, 3.63) is 29.8 Å². The number of ether oxygens (including phenoxy) is 1. The Morgan fingerprint density at radius 1 is 1.33 bits per heavy atom. The number of methoxy groups -OCH3 is 1. The lowest BCUT2D eigenvalue weighted by atomic mass is 10.1. The van der Waals surface area contributed by atoms with Crippen LogP contribution in [-0.4, -0.2) is 27.2 Å². The maximum absolute atomic E-state index is 11.7. The Hall–Kier alpha value is -0.780. The lowest BCUT2D eigenvalue weighted by Crippen LogP contribution is -2.30. The minimum atomic E-state index is -3.32. The first-order valence-corrected chi connectivity index (χ1v) is 7.91.